The van der Waals surface area contributed by atoms with Crippen LogP contribution in [-0.2, 0) is 10.1 Å². The maximum Gasteiger partial charge on any atom is 0.266 e. The largest absolute Gasteiger partial charge is 0.485 e. The second-order valence-electron chi connectivity index (χ2n) is 4.21. The molecule has 0 radical (unpaired) electrons. The second-order valence-corrected chi connectivity index (χ2v) is 6.45. The van der Waals surface area contributed by atoms with Gasteiger partial charge in [-0.1, -0.05) is 0 Å². The van der Waals surface area contributed by atoms with Crippen LogP contribution in [0.1, 0.15) is 6.92 Å². The molecular formula is C10H15NO5S2. The number of thiophene rings is 1. The molecule has 0 aliphatic carbocycles. The summed E-state index contributed by atoms with van der Waals surface area (Å²) in [5.41, 5.74) is 0. The first-order chi connectivity index (χ1) is 8.44. The van der Waals surface area contributed by atoms with Gasteiger partial charge in [0.1, 0.15) is 12.7 Å². The van der Waals surface area contributed by atoms with E-state index >= 15 is 0 Å². The van der Waals surface area contributed by atoms with Crippen molar-refractivity contribution in [2.45, 2.75) is 19.1 Å². The lowest BCUT2D eigenvalue weighted by Crippen LogP contribution is -2.43. The molecule has 0 spiro atoms. The number of hydrogen-bond acceptors (Lipinski definition) is 6. The zero-order valence-corrected chi connectivity index (χ0v) is 11.5. The summed E-state index contributed by atoms with van der Waals surface area (Å²) < 4.78 is 41.2. The number of hydrogen-bond donors (Lipinski definition) is 2. The molecule has 0 fully saturated rings. The van der Waals surface area contributed by atoms with Gasteiger partial charge in [-0.3, -0.25) is 4.55 Å². The summed E-state index contributed by atoms with van der Waals surface area (Å²) >= 11 is 1.51. The Balaban J connectivity index is 1.79. The van der Waals surface area contributed by atoms with Gasteiger partial charge >= 0.3 is 0 Å². The number of nitrogens with one attached hydrogen (secondary N) is 1. The highest BCUT2D eigenvalue weighted by Crippen LogP contribution is 2.35. The maximum atomic E-state index is 10.7. The standard InChI is InChI=1S/C10H15NO5S2/c1-7(6-18(12,13)14)11-2-8-3-15-9-4-17-5-10(9)16-8/h4-5,7-8,11H,2-3,6H2,1H3,(H,12,13,14). The zero-order valence-electron chi connectivity index (χ0n) is 9.83. The van der Waals surface area contributed by atoms with Gasteiger partial charge in [-0.15, -0.1) is 11.3 Å². The Kier molecular flexibility index (Phi) is 4.10. The highest BCUT2D eigenvalue weighted by Gasteiger charge is 2.22. The summed E-state index contributed by atoms with van der Waals surface area (Å²) in [5, 5.41) is 6.73. The normalized spacial score (nSPS) is 20.7. The lowest BCUT2D eigenvalue weighted by atomic mass is 10.3. The summed E-state index contributed by atoms with van der Waals surface area (Å²) in [4.78, 5) is 0. The molecule has 0 amide bonds. The molecule has 1 aliphatic heterocycles. The van der Waals surface area contributed by atoms with Gasteiger partial charge in [0.05, 0.1) is 5.75 Å². The third kappa shape index (κ3) is 3.84. The minimum absolute atomic E-state index is 0.157. The molecule has 1 aliphatic rings. The van der Waals surface area contributed by atoms with E-state index in [0.29, 0.717) is 13.2 Å². The Morgan fingerprint density at radius 2 is 2.28 bits per heavy atom. The Morgan fingerprint density at radius 1 is 1.56 bits per heavy atom. The topological polar surface area (TPSA) is 84.9 Å². The van der Waals surface area contributed by atoms with Crippen molar-refractivity contribution in [2.75, 3.05) is 18.9 Å². The first kappa shape index (κ1) is 13.6. The predicted octanol–water partition coefficient (Wildman–Crippen LogP) is 0.754. The first-order valence-corrected chi connectivity index (χ1v) is 8.03. The van der Waals surface area contributed by atoms with Gasteiger partial charge in [0.25, 0.3) is 10.1 Å². The summed E-state index contributed by atoms with van der Waals surface area (Å²) in [6.07, 6.45) is -0.157. The summed E-state index contributed by atoms with van der Waals surface area (Å²) in [5.74, 6) is 1.16. The average molecular weight is 293 g/mol. The van der Waals surface area contributed by atoms with Crippen LogP contribution < -0.4 is 14.8 Å². The monoisotopic (exact) mass is 293 g/mol. The molecule has 1 aromatic rings. The van der Waals surface area contributed by atoms with Crippen LogP contribution in [0.15, 0.2) is 10.8 Å². The van der Waals surface area contributed by atoms with Crippen LogP contribution in [0.2, 0.25) is 0 Å². The van der Waals surface area contributed by atoms with E-state index in [9.17, 15) is 8.42 Å². The average Bonchev–Trinajstić information content (AvgIpc) is 2.71. The summed E-state index contributed by atoms with van der Waals surface area (Å²) in [6, 6.07) is -0.340. The van der Waals surface area contributed by atoms with E-state index in [0.717, 1.165) is 11.5 Å². The van der Waals surface area contributed by atoms with E-state index in [1.54, 1.807) is 6.92 Å². The molecule has 0 saturated carbocycles. The van der Waals surface area contributed by atoms with Crippen molar-refractivity contribution in [2.24, 2.45) is 0 Å². The van der Waals surface area contributed by atoms with Gasteiger partial charge < -0.3 is 14.8 Å². The van der Waals surface area contributed by atoms with Gasteiger partial charge in [0, 0.05) is 23.3 Å². The van der Waals surface area contributed by atoms with E-state index in [1.807, 2.05) is 10.8 Å². The molecule has 0 saturated heterocycles. The Hall–Kier alpha value is -0.830. The van der Waals surface area contributed by atoms with Crippen LogP contribution in [0.3, 0.4) is 0 Å². The van der Waals surface area contributed by atoms with Crippen molar-refractivity contribution >= 4 is 21.5 Å². The van der Waals surface area contributed by atoms with Crippen LogP contribution in [0.5, 0.6) is 11.5 Å². The summed E-state index contributed by atoms with van der Waals surface area (Å²) in [6.45, 7) is 2.58. The lowest BCUT2D eigenvalue weighted by molar-refractivity contribution is 0.0904. The molecule has 2 atom stereocenters. The van der Waals surface area contributed by atoms with Crippen LogP contribution in [0.4, 0.5) is 0 Å². The predicted molar refractivity (Wildman–Crippen MR) is 68.1 cm³/mol. The lowest BCUT2D eigenvalue weighted by Gasteiger charge is -2.25. The summed E-state index contributed by atoms with van der Waals surface area (Å²) in [7, 11) is -3.95. The fraction of sp³-hybridized carbons (Fsp3) is 0.600. The van der Waals surface area contributed by atoms with E-state index in [1.165, 1.54) is 11.3 Å². The van der Waals surface area contributed by atoms with E-state index in [4.69, 9.17) is 14.0 Å². The van der Waals surface area contributed by atoms with E-state index in [-0.39, 0.29) is 17.9 Å². The fourth-order valence-corrected chi connectivity index (χ4v) is 3.09. The Morgan fingerprint density at radius 3 is 3.00 bits per heavy atom. The van der Waals surface area contributed by atoms with Crippen LogP contribution in [0.25, 0.3) is 0 Å². The molecule has 2 rings (SSSR count). The minimum atomic E-state index is -3.95. The van der Waals surface area contributed by atoms with Crippen molar-refractivity contribution in [3.63, 3.8) is 0 Å². The van der Waals surface area contributed by atoms with Gasteiger partial charge in [-0.25, -0.2) is 0 Å². The first-order valence-electron chi connectivity index (χ1n) is 5.48. The minimum Gasteiger partial charge on any atom is -0.485 e. The van der Waals surface area contributed by atoms with Gasteiger partial charge in [0.2, 0.25) is 0 Å². The molecular weight excluding hydrogens is 278 g/mol. The number of rotatable bonds is 5. The molecule has 8 heteroatoms. The van der Waals surface area contributed by atoms with Crippen molar-refractivity contribution in [1.82, 2.24) is 5.32 Å². The molecule has 102 valence electrons. The molecule has 6 nitrogen and oxygen atoms in total. The fourth-order valence-electron chi connectivity index (χ4n) is 1.67. The highest BCUT2D eigenvalue weighted by atomic mass is 32.2. The number of fused-ring (bicyclic) bond motifs is 1. The molecule has 18 heavy (non-hydrogen) atoms. The number of ether oxygens (including phenoxy) is 2. The van der Waals surface area contributed by atoms with Gasteiger partial charge in [-0.05, 0) is 6.92 Å². The van der Waals surface area contributed by atoms with Crippen molar-refractivity contribution in [3.05, 3.63) is 10.8 Å². The zero-order chi connectivity index (χ0) is 13.2. The quantitative estimate of drug-likeness (QED) is 0.779. The van der Waals surface area contributed by atoms with Crippen LogP contribution in [-0.4, -0.2) is 44.0 Å². The van der Waals surface area contributed by atoms with Crippen molar-refractivity contribution in [1.29, 1.82) is 0 Å². The van der Waals surface area contributed by atoms with E-state index < -0.39 is 10.1 Å². The SMILES string of the molecule is CC(CS(=O)(=O)O)NCC1COc2cscc2O1. The Bertz CT molecular complexity index is 498. The smallest absolute Gasteiger partial charge is 0.266 e. The molecule has 1 aromatic heterocycles. The highest BCUT2D eigenvalue weighted by molar-refractivity contribution is 7.85. The second kappa shape index (κ2) is 5.43. The van der Waals surface area contributed by atoms with Crippen LogP contribution in [0, 0.1) is 0 Å². The third-order valence-corrected chi connectivity index (χ3v) is 4.09. The van der Waals surface area contributed by atoms with E-state index in [2.05, 4.69) is 5.32 Å². The third-order valence-electron chi connectivity index (χ3n) is 2.47. The molecule has 0 aromatic carbocycles. The van der Waals surface area contributed by atoms with Gasteiger partial charge in [0.15, 0.2) is 11.5 Å². The van der Waals surface area contributed by atoms with Gasteiger partial charge in [-0.2, -0.15) is 8.42 Å². The molecule has 2 unspecified atom stereocenters. The molecule has 2 N–H and O–H groups in total. The molecule has 2 heterocycles. The Labute approximate surface area is 110 Å². The van der Waals surface area contributed by atoms with Crippen molar-refractivity contribution in [3.8, 4) is 11.5 Å². The maximum absolute atomic E-state index is 10.7. The van der Waals surface area contributed by atoms with Crippen molar-refractivity contribution < 1.29 is 22.4 Å². The van der Waals surface area contributed by atoms with Crippen LogP contribution >= 0.6 is 11.3 Å². The molecule has 0 bridgehead atoms.